The number of hydrogen-bond acceptors (Lipinski definition) is 3. The van der Waals surface area contributed by atoms with Crippen molar-refractivity contribution in [1.82, 2.24) is 5.32 Å². The van der Waals surface area contributed by atoms with Crippen LogP contribution in [-0.4, -0.2) is 6.04 Å². The van der Waals surface area contributed by atoms with Gasteiger partial charge < -0.3 is 9.73 Å². The lowest BCUT2D eigenvalue weighted by molar-refractivity contribution is 0.325. The summed E-state index contributed by atoms with van der Waals surface area (Å²) in [6, 6.07) is 6.15. The van der Waals surface area contributed by atoms with Crippen molar-refractivity contribution in [3.05, 3.63) is 23.7 Å². The topological polar surface area (TPSA) is 49.0 Å². The Balaban J connectivity index is 1.80. The predicted molar refractivity (Wildman–Crippen MR) is 70.9 cm³/mol. The van der Waals surface area contributed by atoms with Crippen LogP contribution in [0.1, 0.15) is 57.0 Å². The Morgan fingerprint density at radius 2 is 2.06 bits per heavy atom. The molecule has 1 aliphatic rings. The Morgan fingerprint density at radius 3 is 2.67 bits per heavy atom. The molecule has 0 saturated heterocycles. The molecule has 3 nitrogen and oxygen atoms in total. The summed E-state index contributed by atoms with van der Waals surface area (Å²) in [6.45, 7) is 2.99. The minimum atomic E-state index is 0.397. The maximum atomic E-state index is 8.70. The zero-order valence-electron chi connectivity index (χ0n) is 11.1. The molecule has 0 aliphatic heterocycles. The molecular weight excluding hydrogens is 224 g/mol. The Kier molecular flexibility index (Phi) is 4.83. The molecule has 98 valence electrons. The number of nitrogens with one attached hydrogen (secondary N) is 1. The average Bonchev–Trinajstić information content (AvgIpc) is 2.68. The Morgan fingerprint density at radius 1 is 1.33 bits per heavy atom. The van der Waals surface area contributed by atoms with Crippen molar-refractivity contribution in [2.75, 3.05) is 0 Å². The second-order valence-corrected chi connectivity index (χ2v) is 5.30. The molecule has 1 atom stereocenters. The van der Waals surface area contributed by atoms with Crippen LogP contribution in [0.2, 0.25) is 0 Å². The maximum Gasteiger partial charge on any atom is 0.203 e. The quantitative estimate of drug-likeness (QED) is 0.826. The monoisotopic (exact) mass is 246 g/mol. The molecule has 3 heteroatoms. The van der Waals surface area contributed by atoms with Gasteiger partial charge in [-0.05, 0) is 37.8 Å². The van der Waals surface area contributed by atoms with Gasteiger partial charge in [-0.25, -0.2) is 0 Å². The van der Waals surface area contributed by atoms with Gasteiger partial charge in [0.25, 0.3) is 0 Å². The van der Waals surface area contributed by atoms with E-state index in [9.17, 15) is 0 Å². The van der Waals surface area contributed by atoms with E-state index in [1.807, 2.05) is 12.1 Å². The zero-order valence-corrected chi connectivity index (χ0v) is 11.1. The lowest BCUT2D eigenvalue weighted by atomic mass is 9.93. The molecule has 1 saturated carbocycles. The Bertz CT molecular complexity index is 397. The highest BCUT2D eigenvalue weighted by molar-refractivity contribution is 5.18. The van der Waals surface area contributed by atoms with Gasteiger partial charge >= 0.3 is 0 Å². The molecule has 2 rings (SSSR count). The molecule has 1 N–H and O–H groups in total. The summed E-state index contributed by atoms with van der Waals surface area (Å²) >= 11 is 0. The van der Waals surface area contributed by atoms with Crippen LogP contribution in [0.5, 0.6) is 0 Å². The van der Waals surface area contributed by atoms with Crippen LogP contribution < -0.4 is 5.32 Å². The van der Waals surface area contributed by atoms with Gasteiger partial charge in [-0.15, -0.1) is 0 Å². The van der Waals surface area contributed by atoms with Gasteiger partial charge in [0.1, 0.15) is 11.8 Å². The van der Waals surface area contributed by atoms with E-state index >= 15 is 0 Å². The van der Waals surface area contributed by atoms with Crippen molar-refractivity contribution in [2.45, 2.75) is 58.0 Å². The third-order valence-corrected chi connectivity index (χ3v) is 3.98. The first kappa shape index (κ1) is 13.2. The fourth-order valence-electron chi connectivity index (χ4n) is 2.77. The second kappa shape index (κ2) is 6.61. The van der Waals surface area contributed by atoms with Gasteiger partial charge in [0.15, 0.2) is 0 Å². The third kappa shape index (κ3) is 3.61. The second-order valence-electron chi connectivity index (χ2n) is 5.30. The normalized spacial score (nSPS) is 19.1. The van der Waals surface area contributed by atoms with E-state index in [1.54, 1.807) is 6.07 Å². The first-order chi connectivity index (χ1) is 8.79. The minimum absolute atomic E-state index is 0.397. The summed E-state index contributed by atoms with van der Waals surface area (Å²) in [5.74, 6) is 2.04. The van der Waals surface area contributed by atoms with Crippen LogP contribution in [0.25, 0.3) is 0 Å². The van der Waals surface area contributed by atoms with Crippen LogP contribution in [0.3, 0.4) is 0 Å². The molecule has 1 fully saturated rings. The molecule has 1 aromatic heterocycles. The van der Waals surface area contributed by atoms with Gasteiger partial charge in [0.05, 0.1) is 6.54 Å². The summed E-state index contributed by atoms with van der Waals surface area (Å²) in [7, 11) is 0. The smallest absolute Gasteiger partial charge is 0.203 e. The van der Waals surface area contributed by atoms with Crippen molar-refractivity contribution in [3.63, 3.8) is 0 Å². The van der Waals surface area contributed by atoms with E-state index in [-0.39, 0.29) is 0 Å². The van der Waals surface area contributed by atoms with Crippen LogP contribution >= 0.6 is 0 Å². The largest absolute Gasteiger partial charge is 0.449 e. The highest BCUT2D eigenvalue weighted by Gasteiger charge is 2.18. The van der Waals surface area contributed by atoms with Crippen molar-refractivity contribution in [2.24, 2.45) is 5.92 Å². The highest BCUT2D eigenvalue weighted by Crippen LogP contribution is 2.25. The molecule has 1 aliphatic carbocycles. The van der Waals surface area contributed by atoms with Gasteiger partial charge in [0, 0.05) is 6.04 Å². The standard InChI is InChI=1S/C15H22N2O/c1-12(13-6-4-2-3-5-7-13)17-11-15-9-8-14(10-16)18-15/h8-9,12-13,17H,2-7,11H2,1H3/t12-/m0/s1. The fourth-order valence-corrected chi connectivity index (χ4v) is 2.77. The van der Waals surface area contributed by atoms with E-state index in [2.05, 4.69) is 12.2 Å². The molecule has 0 spiro atoms. The van der Waals surface area contributed by atoms with E-state index < -0.39 is 0 Å². The third-order valence-electron chi connectivity index (χ3n) is 3.98. The molecule has 0 radical (unpaired) electrons. The first-order valence-corrected chi connectivity index (χ1v) is 7.02. The number of hydrogen-bond donors (Lipinski definition) is 1. The number of nitrogens with zero attached hydrogens (tertiary/aromatic N) is 1. The van der Waals surface area contributed by atoms with Gasteiger partial charge in [0.2, 0.25) is 5.76 Å². The first-order valence-electron chi connectivity index (χ1n) is 7.02. The van der Waals surface area contributed by atoms with Crippen LogP contribution in [0.4, 0.5) is 0 Å². The summed E-state index contributed by atoms with van der Waals surface area (Å²) in [6.07, 6.45) is 8.22. The molecule has 0 amide bonds. The molecule has 1 aromatic rings. The Labute approximate surface area is 109 Å². The molecule has 1 heterocycles. The van der Waals surface area contributed by atoms with Crippen LogP contribution in [0.15, 0.2) is 16.5 Å². The highest BCUT2D eigenvalue weighted by atomic mass is 16.3. The minimum Gasteiger partial charge on any atom is -0.449 e. The summed E-state index contributed by atoms with van der Waals surface area (Å²) in [5.41, 5.74) is 0. The molecule has 0 aromatic carbocycles. The van der Waals surface area contributed by atoms with Crippen LogP contribution in [0, 0.1) is 17.2 Å². The Hall–Kier alpha value is -1.27. The van der Waals surface area contributed by atoms with E-state index in [1.165, 1.54) is 38.5 Å². The SMILES string of the molecule is C[C@H](NCc1ccc(C#N)o1)C1CCCCCC1. The summed E-state index contributed by atoms with van der Waals surface area (Å²) in [5, 5.41) is 12.2. The number of rotatable bonds is 4. The fraction of sp³-hybridized carbons (Fsp3) is 0.667. The number of nitriles is 1. The number of furan rings is 1. The maximum absolute atomic E-state index is 8.70. The zero-order chi connectivity index (χ0) is 12.8. The molecule has 0 bridgehead atoms. The van der Waals surface area contributed by atoms with Crippen molar-refractivity contribution in [1.29, 1.82) is 5.26 Å². The molecular formula is C15H22N2O. The average molecular weight is 246 g/mol. The van der Waals surface area contributed by atoms with Crippen molar-refractivity contribution >= 4 is 0 Å². The molecule has 18 heavy (non-hydrogen) atoms. The lowest BCUT2D eigenvalue weighted by Crippen LogP contribution is -2.32. The van der Waals surface area contributed by atoms with Crippen molar-refractivity contribution < 1.29 is 4.42 Å². The van der Waals surface area contributed by atoms with Crippen LogP contribution in [-0.2, 0) is 6.54 Å². The van der Waals surface area contributed by atoms with Gasteiger partial charge in [-0.2, -0.15) is 5.26 Å². The molecule has 0 unspecified atom stereocenters. The van der Waals surface area contributed by atoms with E-state index in [0.29, 0.717) is 11.8 Å². The predicted octanol–water partition coefficient (Wildman–Crippen LogP) is 3.60. The summed E-state index contributed by atoms with van der Waals surface area (Å²) < 4.78 is 5.37. The van der Waals surface area contributed by atoms with Gasteiger partial charge in [-0.1, -0.05) is 25.7 Å². The van der Waals surface area contributed by atoms with Gasteiger partial charge in [-0.3, -0.25) is 0 Å². The van der Waals surface area contributed by atoms with E-state index in [4.69, 9.17) is 9.68 Å². The summed E-state index contributed by atoms with van der Waals surface area (Å²) in [4.78, 5) is 0. The van der Waals surface area contributed by atoms with Crippen molar-refractivity contribution in [3.8, 4) is 6.07 Å². The van der Waals surface area contributed by atoms with E-state index in [0.717, 1.165) is 18.2 Å². The lowest BCUT2D eigenvalue weighted by Gasteiger charge is -2.23.